The first-order valence-electron chi connectivity index (χ1n) is 9.35. The predicted molar refractivity (Wildman–Crippen MR) is 100 cm³/mol. The first-order valence-corrected chi connectivity index (χ1v) is 10.8. The molecule has 0 atom stereocenters. The van der Waals surface area contributed by atoms with E-state index >= 15 is 0 Å². The zero-order valence-electron chi connectivity index (χ0n) is 15.2. The Morgan fingerprint density at radius 2 is 1.85 bits per heavy atom. The summed E-state index contributed by atoms with van der Waals surface area (Å²) in [5.74, 6) is 0. The van der Waals surface area contributed by atoms with E-state index in [1.165, 1.54) is 28.9 Å². The number of piperazine rings is 1. The van der Waals surface area contributed by atoms with Crippen molar-refractivity contribution in [2.75, 3.05) is 26.2 Å². The maximum atomic E-state index is 12.9. The smallest absolute Gasteiger partial charge is 0.244 e. The van der Waals surface area contributed by atoms with Crippen LogP contribution in [0, 0.1) is 11.3 Å². The van der Waals surface area contributed by atoms with Crippen molar-refractivity contribution in [1.82, 2.24) is 19.0 Å². The van der Waals surface area contributed by atoms with Gasteiger partial charge in [0, 0.05) is 45.0 Å². The highest BCUT2D eigenvalue weighted by molar-refractivity contribution is 7.89. The van der Waals surface area contributed by atoms with Crippen LogP contribution in [-0.2, 0) is 29.5 Å². The largest absolute Gasteiger partial charge is 0.295 e. The molecule has 0 radical (unpaired) electrons. The summed E-state index contributed by atoms with van der Waals surface area (Å²) in [4.78, 5) is 2.35. The third kappa shape index (κ3) is 3.63. The van der Waals surface area contributed by atoms with Crippen LogP contribution >= 0.6 is 0 Å². The Balaban J connectivity index is 1.41. The minimum absolute atomic E-state index is 0.0997. The number of hydrogen-bond donors (Lipinski definition) is 0. The lowest BCUT2D eigenvalue weighted by Crippen LogP contribution is -2.48. The minimum atomic E-state index is -3.64. The van der Waals surface area contributed by atoms with Crippen LogP contribution < -0.4 is 0 Å². The van der Waals surface area contributed by atoms with Gasteiger partial charge in [-0.25, -0.2) is 8.42 Å². The summed E-state index contributed by atoms with van der Waals surface area (Å²) in [6, 6.07) is 10.6. The Kier molecular flexibility index (Phi) is 5.00. The van der Waals surface area contributed by atoms with E-state index in [1.54, 1.807) is 18.2 Å². The van der Waals surface area contributed by atoms with Crippen molar-refractivity contribution in [2.45, 2.75) is 37.2 Å². The zero-order valence-corrected chi connectivity index (χ0v) is 16.0. The van der Waals surface area contributed by atoms with Crippen LogP contribution in [0.4, 0.5) is 0 Å². The quantitative estimate of drug-likeness (QED) is 0.798. The number of aryl methyl sites for hydroxylation is 2. The molecule has 1 saturated heterocycles. The molecule has 27 heavy (non-hydrogen) atoms. The van der Waals surface area contributed by atoms with Gasteiger partial charge in [-0.05, 0) is 37.5 Å². The van der Waals surface area contributed by atoms with E-state index in [9.17, 15) is 13.7 Å². The van der Waals surface area contributed by atoms with E-state index in [1.807, 2.05) is 6.07 Å². The number of rotatable bonds is 4. The molecule has 1 fully saturated rings. The van der Waals surface area contributed by atoms with Crippen LogP contribution in [0.3, 0.4) is 0 Å². The van der Waals surface area contributed by atoms with Gasteiger partial charge in [-0.2, -0.15) is 14.7 Å². The molecule has 7 nitrogen and oxygen atoms in total. The lowest BCUT2D eigenvalue weighted by atomic mass is 10.1. The standard InChI is InChI=1S/C19H23N5O2S/c20-14-16-5-1-2-7-19(16)27(25,26)23-11-9-22(10-12-23)15-17-13-18-6-3-4-8-24(18)21-17/h1-2,5,7,13H,3-4,6,8-12,15H2. The number of nitriles is 1. The average molecular weight is 385 g/mol. The van der Waals surface area contributed by atoms with E-state index < -0.39 is 10.0 Å². The molecule has 142 valence electrons. The van der Waals surface area contributed by atoms with Gasteiger partial charge in [-0.15, -0.1) is 0 Å². The van der Waals surface area contributed by atoms with Gasteiger partial charge in [0.05, 0.1) is 16.2 Å². The molecule has 0 amide bonds. The fourth-order valence-electron chi connectivity index (χ4n) is 3.83. The lowest BCUT2D eigenvalue weighted by Gasteiger charge is -2.33. The molecule has 3 heterocycles. The third-order valence-electron chi connectivity index (χ3n) is 5.31. The summed E-state index contributed by atoms with van der Waals surface area (Å²) in [7, 11) is -3.64. The van der Waals surface area contributed by atoms with Gasteiger partial charge in [0.25, 0.3) is 0 Å². The van der Waals surface area contributed by atoms with Crippen molar-refractivity contribution in [3.05, 3.63) is 47.3 Å². The summed E-state index contributed by atoms with van der Waals surface area (Å²) in [5, 5.41) is 13.9. The molecule has 8 heteroatoms. The molecule has 0 N–H and O–H groups in total. The van der Waals surface area contributed by atoms with Gasteiger partial charge in [0.1, 0.15) is 6.07 Å². The van der Waals surface area contributed by atoms with Crippen molar-refractivity contribution >= 4 is 10.0 Å². The van der Waals surface area contributed by atoms with E-state index in [0.717, 1.165) is 25.2 Å². The monoisotopic (exact) mass is 385 g/mol. The molecule has 1 aromatic carbocycles. The topological polar surface area (TPSA) is 82.2 Å². The molecule has 2 aliphatic rings. The SMILES string of the molecule is N#Cc1ccccc1S(=O)(=O)N1CCN(Cc2cc3n(n2)CCCC3)CC1. The first-order chi connectivity index (χ1) is 13.1. The summed E-state index contributed by atoms with van der Waals surface area (Å²) < 4.78 is 29.4. The fraction of sp³-hybridized carbons (Fsp3) is 0.474. The second-order valence-corrected chi connectivity index (χ2v) is 9.00. The van der Waals surface area contributed by atoms with Crippen molar-refractivity contribution in [3.63, 3.8) is 0 Å². The van der Waals surface area contributed by atoms with Crippen LogP contribution in [0.25, 0.3) is 0 Å². The number of benzene rings is 1. The van der Waals surface area contributed by atoms with Gasteiger partial charge in [0.2, 0.25) is 10.0 Å². The first kappa shape index (κ1) is 18.2. The third-order valence-corrected chi connectivity index (χ3v) is 7.27. The minimum Gasteiger partial charge on any atom is -0.295 e. The van der Waals surface area contributed by atoms with Crippen molar-refractivity contribution in [3.8, 4) is 6.07 Å². The van der Waals surface area contributed by atoms with E-state index in [-0.39, 0.29) is 10.5 Å². The molecule has 2 aromatic rings. The van der Waals surface area contributed by atoms with Crippen LogP contribution in [0.15, 0.2) is 35.2 Å². The second-order valence-electron chi connectivity index (χ2n) is 7.10. The Morgan fingerprint density at radius 1 is 1.07 bits per heavy atom. The van der Waals surface area contributed by atoms with Crippen LogP contribution in [0.1, 0.15) is 29.8 Å². The van der Waals surface area contributed by atoms with Gasteiger partial charge in [0.15, 0.2) is 0 Å². The van der Waals surface area contributed by atoms with Gasteiger partial charge in [-0.3, -0.25) is 9.58 Å². The van der Waals surface area contributed by atoms with Crippen LogP contribution in [-0.4, -0.2) is 53.6 Å². The summed E-state index contributed by atoms with van der Waals surface area (Å²) in [5.41, 5.74) is 2.58. The zero-order chi connectivity index (χ0) is 18.9. The summed E-state index contributed by atoms with van der Waals surface area (Å²) >= 11 is 0. The molecule has 4 rings (SSSR count). The second kappa shape index (κ2) is 7.43. The van der Waals surface area contributed by atoms with Crippen molar-refractivity contribution in [1.29, 1.82) is 5.26 Å². The average Bonchev–Trinajstić information content (AvgIpc) is 3.10. The molecule has 2 aliphatic heterocycles. The van der Waals surface area contributed by atoms with E-state index in [0.29, 0.717) is 26.2 Å². The van der Waals surface area contributed by atoms with E-state index in [4.69, 9.17) is 5.10 Å². The summed E-state index contributed by atoms with van der Waals surface area (Å²) in [6.07, 6.45) is 3.51. The van der Waals surface area contributed by atoms with Gasteiger partial charge >= 0.3 is 0 Å². The highest BCUT2D eigenvalue weighted by Gasteiger charge is 2.30. The highest BCUT2D eigenvalue weighted by atomic mass is 32.2. The molecule has 0 bridgehead atoms. The molecular formula is C19H23N5O2S. The Hall–Kier alpha value is -2.21. The number of hydrogen-bond acceptors (Lipinski definition) is 5. The van der Waals surface area contributed by atoms with E-state index in [2.05, 4.69) is 15.6 Å². The van der Waals surface area contributed by atoms with Crippen LogP contribution in [0.2, 0.25) is 0 Å². The number of nitrogens with zero attached hydrogens (tertiary/aromatic N) is 5. The van der Waals surface area contributed by atoms with Crippen molar-refractivity contribution in [2.24, 2.45) is 0 Å². The van der Waals surface area contributed by atoms with Crippen molar-refractivity contribution < 1.29 is 8.42 Å². The predicted octanol–water partition coefficient (Wildman–Crippen LogP) is 1.60. The molecular weight excluding hydrogens is 362 g/mol. The number of fused-ring (bicyclic) bond motifs is 1. The normalized spacial score (nSPS) is 18.8. The lowest BCUT2D eigenvalue weighted by molar-refractivity contribution is 0.179. The number of aromatic nitrogens is 2. The maximum absolute atomic E-state index is 12.9. The van der Waals surface area contributed by atoms with Gasteiger partial charge < -0.3 is 0 Å². The Labute approximate surface area is 159 Å². The van der Waals surface area contributed by atoms with Gasteiger partial charge in [-0.1, -0.05) is 12.1 Å². The highest BCUT2D eigenvalue weighted by Crippen LogP contribution is 2.22. The number of sulfonamides is 1. The Morgan fingerprint density at radius 3 is 2.59 bits per heavy atom. The fourth-order valence-corrected chi connectivity index (χ4v) is 5.40. The molecule has 0 saturated carbocycles. The molecule has 0 aliphatic carbocycles. The molecule has 0 spiro atoms. The summed E-state index contributed by atoms with van der Waals surface area (Å²) in [6.45, 7) is 3.93. The Bertz CT molecular complexity index is 945. The van der Waals surface area contributed by atoms with Crippen LogP contribution in [0.5, 0.6) is 0 Å². The maximum Gasteiger partial charge on any atom is 0.244 e. The molecule has 0 unspecified atom stereocenters. The molecule has 1 aromatic heterocycles.